The number of nitrogens with zero attached hydrogens (tertiary/aromatic N) is 1. The highest BCUT2D eigenvalue weighted by atomic mass is 32.1. The van der Waals surface area contributed by atoms with Gasteiger partial charge in [-0.1, -0.05) is 218 Å². The highest BCUT2D eigenvalue weighted by Crippen LogP contribution is 2.48. The second-order valence-electron chi connectivity index (χ2n) is 19.9. The van der Waals surface area contributed by atoms with Gasteiger partial charge < -0.3 is 4.57 Å². The van der Waals surface area contributed by atoms with Gasteiger partial charge in [0.15, 0.2) is 0 Å². The second kappa shape index (κ2) is 16.7. The summed E-state index contributed by atoms with van der Waals surface area (Å²) in [5, 5.41) is 15.4. The Kier molecular flexibility index (Phi) is 9.44. The molecule has 0 amide bonds. The minimum absolute atomic E-state index is 1.14. The Morgan fingerprint density at radius 1 is 0.200 bits per heavy atom. The summed E-state index contributed by atoms with van der Waals surface area (Å²) in [5.41, 5.74) is 15.9. The standard InChI is InChI=1S/C72H43NS2/c1-3-15-45(16-4-1)51-23-11-27-60-62-29-13-25-53(71(62)74-69(51)60)48-34-39-67-65(42-48)66-43-49(54-26-14-30-63-61-28-12-24-52(70(61)75-72(54)63)46-17-5-2-6-18-46)35-40-68(66)73(67)50-36-31-44(32-37-50)47-33-38-59-57-21-8-7-19-55(57)56-20-9-10-22-58(56)64(59)41-47/h1-43H. The Hall–Kier alpha value is -9.12. The molecule has 0 unspecified atom stereocenters. The first-order chi connectivity index (χ1) is 37.2. The van der Waals surface area contributed by atoms with Crippen LogP contribution in [0.1, 0.15) is 0 Å². The van der Waals surface area contributed by atoms with Gasteiger partial charge in [-0.2, -0.15) is 0 Å². The van der Waals surface area contributed by atoms with Gasteiger partial charge in [0, 0.05) is 56.8 Å². The summed E-state index contributed by atoms with van der Waals surface area (Å²) in [7, 11) is 0. The second-order valence-corrected chi connectivity index (χ2v) is 21.9. The molecule has 0 spiro atoms. The van der Waals surface area contributed by atoms with Gasteiger partial charge >= 0.3 is 0 Å². The third-order valence-corrected chi connectivity index (χ3v) is 18.4. The molecular formula is C72H43NS2. The van der Waals surface area contributed by atoms with Crippen molar-refractivity contribution in [2.75, 3.05) is 0 Å². The van der Waals surface area contributed by atoms with Gasteiger partial charge in [-0.15, -0.1) is 22.7 Å². The summed E-state index contributed by atoms with van der Waals surface area (Å²) in [6.07, 6.45) is 0. The first kappa shape index (κ1) is 42.4. The molecule has 3 aromatic heterocycles. The zero-order valence-corrected chi connectivity index (χ0v) is 42.2. The van der Waals surface area contributed by atoms with E-state index >= 15 is 0 Å². The smallest absolute Gasteiger partial charge is 0.0541 e. The van der Waals surface area contributed by atoms with Crippen LogP contribution >= 0.6 is 22.7 Å². The van der Waals surface area contributed by atoms with Crippen LogP contribution in [0.3, 0.4) is 0 Å². The van der Waals surface area contributed by atoms with Crippen molar-refractivity contribution >= 4 is 117 Å². The fraction of sp³-hybridized carbons (Fsp3) is 0. The monoisotopic (exact) mass is 985 g/mol. The maximum Gasteiger partial charge on any atom is 0.0541 e. The van der Waals surface area contributed by atoms with Gasteiger partial charge in [0.25, 0.3) is 0 Å². The Bertz CT molecular complexity index is 4730. The molecule has 0 saturated carbocycles. The zero-order valence-electron chi connectivity index (χ0n) is 40.6. The molecule has 16 rings (SSSR count). The van der Waals surface area contributed by atoms with Crippen molar-refractivity contribution in [3.8, 4) is 61.3 Å². The van der Waals surface area contributed by atoms with Gasteiger partial charge in [-0.25, -0.2) is 0 Å². The van der Waals surface area contributed by atoms with Gasteiger partial charge in [0.1, 0.15) is 0 Å². The average Bonchev–Trinajstić information content (AvgIpc) is 4.18. The fourth-order valence-corrected chi connectivity index (χ4v) is 15.1. The lowest BCUT2D eigenvalue weighted by Crippen LogP contribution is -1.94. The molecule has 13 aromatic carbocycles. The van der Waals surface area contributed by atoms with E-state index in [0.717, 1.165) is 5.69 Å². The van der Waals surface area contributed by atoms with Gasteiger partial charge in [0.05, 0.1) is 11.0 Å². The van der Waals surface area contributed by atoms with Crippen LogP contribution in [-0.4, -0.2) is 4.57 Å². The highest BCUT2D eigenvalue weighted by molar-refractivity contribution is 7.27. The van der Waals surface area contributed by atoms with Gasteiger partial charge in [0.2, 0.25) is 0 Å². The van der Waals surface area contributed by atoms with E-state index in [1.807, 2.05) is 22.7 Å². The molecule has 0 aliphatic rings. The summed E-state index contributed by atoms with van der Waals surface area (Å²) >= 11 is 3.83. The summed E-state index contributed by atoms with van der Waals surface area (Å²) in [4.78, 5) is 0. The summed E-state index contributed by atoms with van der Waals surface area (Å²) in [6.45, 7) is 0. The summed E-state index contributed by atoms with van der Waals surface area (Å²) in [5.74, 6) is 0. The van der Waals surface area contributed by atoms with Crippen LogP contribution in [0.2, 0.25) is 0 Å². The van der Waals surface area contributed by atoms with Crippen LogP contribution in [0.4, 0.5) is 0 Å². The summed E-state index contributed by atoms with van der Waals surface area (Å²) < 4.78 is 7.76. The molecule has 16 aromatic rings. The van der Waals surface area contributed by atoms with Crippen LogP contribution in [0.5, 0.6) is 0 Å². The van der Waals surface area contributed by atoms with Crippen molar-refractivity contribution in [1.82, 2.24) is 4.57 Å². The molecule has 0 bridgehead atoms. The summed E-state index contributed by atoms with van der Waals surface area (Å²) in [6, 6.07) is 97.1. The molecule has 0 saturated heterocycles. The predicted molar refractivity (Wildman–Crippen MR) is 326 cm³/mol. The number of hydrogen-bond donors (Lipinski definition) is 0. The van der Waals surface area contributed by atoms with Crippen molar-refractivity contribution in [3.05, 3.63) is 261 Å². The Morgan fingerprint density at radius 3 is 0.973 bits per heavy atom. The maximum atomic E-state index is 2.47. The minimum Gasteiger partial charge on any atom is -0.309 e. The number of benzene rings is 13. The van der Waals surface area contributed by atoms with Crippen molar-refractivity contribution in [2.45, 2.75) is 0 Å². The zero-order chi connectivity index (χ0) is 49.1. The Labute approximate surface area is 441 Å². The van der Waals surface area contributed by atoms with Gasteiger partial charge in [-0.05, 0) is 130 Å². The first-order valence-electron chi connectivity index (χ1n) is 25.7. The molecule has 3 heteroatoms. The molecule has 0 aliphatic heterocycles. The van der Waals surface area contributed by atoms with Crippen LogP contribution in [-0.2, 0) is 0 Å². The normalized spacial score (nSPS) is 12.0. The molecule has 0 N–H and O–H groups in total. The van der Waals surface area contributed by atoms with Crippen molar-refractivity contribution < 1.29 is 0 Å². The molecule has 0 radical (unpaired) electrons. The Morgan fingerprint density at radius 2 is 0.533 bits per heavy atom. The lowest BCUT2D eigenvalue weighted by Gasteiger charge is -2.13. The van der Waals surface area contributed by atoms with Crippen LogP contribution in [0.25, 0.3) is 156 Å². The molecule has 1 nitrogen and oxygen atoms in total. The van der Waals surface area contributed by atoms with E-state index in [1.54, 1.807) is 0 Å². The molecule has 3 heterocycles. The SMILES string of the molecule is c1ccc(-c2cccc3c2sc2c(-c4ccc5c(c4)c4cc(-c6cccc7c6sc6c(-c8ccccc8)cccc67)ccc4n5-c4ccc(-c5ccc6c7ccccc7c7ccccc7c6c5)cc4)cccc23)cc1. The van der Waals surface area contributed by atoms with Crippen LogP contribution in [0, 0.1) is 0 Å². The van der Waals surface area contributed by atoms with E-state index in [0.29, 0.717) is 0 Å². The molecular weight excluding hydrogens is 943 g/mol. The maximum absolute atomic E-state index is 2.47. The van der Waals surface area contributed by atoms with Crippen molar-refractivity contribution in [2.24, 2.45) is 0 Å². The van der Waals surface area contributed by atoms with Gasteiger partial charge in [-0.3, -0.25) is 0 Å². The number of rotatable bonds is 6. The minimum atomic E-state index is 1.14. The molecule has 0 fully saturated rings. The predicted octanol–water partition coefficient (Wildman–Crippen LogP) is 21.3. The molecule has 348 valence electrons. The van der Waals surface area contributed by atoms with E-state index in [4.69, 9.17) is 0 Å². The van der Waals surface area contributed by atoms with Crippen molar-refractivity contribution in [1.29, 1.82) is 0 Å². The molecule has 0 atom stereocenters. The topological polar surface area (TPSA) is 4.93 Å². The van der Waals surface area contributed by atoms with E-state index in [-0.39, 0.29) is 0 Å². The third-order valence-electron chi connectivity index (χ3n) is 15.8. The Balaban J connectivity index is 0.879. The lowest BCUT2D eigenvalue weighted by molar-refractivity contribution is 1.18. The number of fused-ring (bicyclic) bond motifs is 15. The van der Waals surface area contributed by atoms with Crippen molar-refractivity contribution in [3.63, 3.8) is 0 Å². The van der Waals surface area contributed by atoms with E-state index < -0.39 is 0 Å². The quantitative estimate of drug-likeness (QED) is 0.146. The number of hydrogen-bond acceptors (Lipinski definition) is 2. The van der Waals surface area contributed by atoms with Crippen LogP contribution in [0.15, 0.2) is 261 Å². The average molecular weight is 986 g/mol. The largest absolute Gasteiger partial charge is 0.309 e. The van der Waals surface area contributed by atoms with E-state index in [9.17, 15) is 0 Å². The number of aromatic nitrogens is 1. The van der Waals surface area contributed by atoms with Crippen LogP contribution < -0.4 is 0 Å². The molecule has 75 heavy (non-hydrogen) atoms. The third kappa shape index (κ3) is 6.55. The number of thiophene rings is 2. The first-order valence-corrected chi connectivity index (χ1v) is 27.4. The van der Waals surface area contributed by atoms with E-state index in [1.165, 1.54) is 150 Å². The fourth-order valence-electron chi connectivity index (χ4n) is 12.3. The molecule has 0 aliphatic carbocycles. The van der Waals surface area contributed by atoms with E-state index in [2.05, 4.69) is 265 Å². The lowest BCUT2D eigenvalue weighted by atomic mass is 9.92. The highest BCUT2D eigenvalue weighted by Gasteiger charge is 2.20.